The second-order valence-corrected chi connectivity index (χ2v) is 10.2. The maximum atomic E-state index is 14.0. The van der Waals surface area contributed by atoms with Crippen molar-refractivity contribution in [1.29, 1.82) is 0 Å². The lowest BCUT2D eigenvalue weighted by atomic mass is 9.85. The summed E-state index contributed by atoms with van der Waals surface area (Å²) >= 11 is 0. The van der Waals surface area contributed by atoms with Crippen molar-refractivity contribution in [3.05, 3.63) is 94.3 Å². The second-order valence-electron chi connectivity index (χ2n) is 10.2. The number of nitrogens with zero attached hydrogens (tertiary/aromatic N) is 1. The van der Waals surface area contributed by atoms with Crippen LogP contribution >= 0.6 is 0 Å². The summed E-state index contributed by atoms with van der Waals surface area (Å²) in [5, 5.41) is 3.15. The summed E-state index contributed by atoms with van der Waals surface area (Å²) in [6, 6.07) is 19.5. The van der Waals surface area contributed by atoms with Gasteiger partial charge in [0.05, 0.1) is 19.1 Å². The number of hydrogen-bond acceptors (Lipinski definition) is 4. The van der Waals surface area contributed by atoms with Gasteiger partial charge in [0.25, 0.3) is 0 Å². The molecule has 0 aromatic heterocycles. The molecule has 4 aliphatic rings. The first kappa shape index (κ1) is 21.8. The molecular formula is C30H27FN2O3. The maximum absolute atomic E-state index is 14.0. The fourth-order valence-electron chi connectivity index (χ4n) is 6.35. The Balaban J connectivity index is 1.26. The molecular weight excluding hydrogens is 455 g/mol. The van der Waals surface area contributed by atoms with Gasteiger partial charge in [-0.15, -0.1) is 0 Å². The lowest BCUT2D eigenvalue weighted by Gasteiger charge is -2.28. The molecule has 0 radical (unpaired) electrons. The third kappa shape index (κ3) is 3.64. The van der Waals surface area contributed by atoms with E-state index < -0.39 is 0 Å². The van der Waals surface area contributed by atoms with Gasteiger partial charge in [0.2, 0.25) is 5.91 Å². The minimum absolute atomic E-state index is 0.0922. The number of ether oxygens (including phenoxy) is 2. The van der Waals surface area contributed by atoms with Gasteiger partial charge in [-0.2, -0.15) is 0 Å². The van der Waals surface area contributed by atoms with Crippen LogP contribution in [-0.2, 0) is 16.1 Å². The highest BCUT2D eigenvalue weighted by Crippen LogP contribution is 2.44. The zero-order valence-electron chi connectivity index (χ0n) is 19.9. The van der Waals surface area contributed by atoms with E-state index in [0.29, 0.717) is 24.3 Å². The first-order chi connectivity index (χ1) is 17.6. The Bertz CT molecular complexity index is 1390. The van der Waals surface area contributed by atoms with Gasteiger partial charge < -0.3 is 14.8 Å². The van der Waals surface area contributed by atoms with Gasteiger partial charge in [0.1, 0.15) is 18.2 Å². The molecule has 3 aromatic carbocycles. The number of carbonyl (C=O) groups is 1. The predicted octanol–water partition coefficient (Wildman–Crippen LogP) is 5.06. The molecule has 1 amide bonds. The molecule has 3 atom stereocenters. The van der Waals surface area contributed by atoms with E-state index in [4.69, 9.17) is 9.47 Å². The minimum Gasteiger partial charge on any atom is -0.488 e. The first-order valence-electron chi connectivity index (χ1n) is 12.6. The fraction of sp³-hybridized carbons (Fsp3) is 0.300. The van der Waals surface area contributed by atoms with E-state index in [1.54, 1.807) is 6.07 Å². The molecule has 6 heteroatoms. The van der Waals surface area contributed by atoms with Crippen molar-refractivity contribution >= 4 is 23.2 Å². The molecule has 0 spiro atoms. The van der Waals surface area contributed by atoms with Crippen molar-refractivity contribution in [3.8, 4) is 5.75 Å². The highest BCUT2D eigenvalue weighted by molar-refractivity contribution is 6.04. The highest BCUT2D eigenvalue weighted by Gasteiger charge is 2.44. The van der Waals surface area contributed by atoms with Gasteiger partial charge in [-0.05, 0) is 64.4 Å². The lowest BCUT2D eigenvalue weighted by Crippen LogP contribution is -2.40. The van der Waals surface area contributed by atoms with Crippen molar-refractivity contribution in [2.75, 3.05) is 31.6 Å². The van der Waals surface area contributed by atoms with Crippen LogP contribution < -0.4 is 10.1 Å². The summed E-state index contributed by atoms with van der Waals surface area (Å²) in [6.45, 7) is 3.82. The van der Waals surface area contributed by atoms with Crippen LogP contribution in [0.15, 0.2) is 60.7 Å². The van der Waals surface area contributed by atoms with E-state index in [-0.39, 0.29) is 17.6 Å². The normalized spacial score (nSPS) is 25.9. The number of morpholine rings is 1. The largest absolute Gasteiger partial charge is 0.488 e. The van der Waals surface area contributed by atoms with Crippen LogP contribution in [0.25, 0.3) is 11.6 Å². The third-order valence-corrected chi connectivity index (χ3v) is 8.05. The average molecular weight is 483 g/mol. The van der Waals surface area contributed by atoms with E-state index in [2.05, 4.69) is 40.6 Å². The molecule has 2 saturated heterocycles. The maximum Gasteiger partial charge on any atom is 0.232 e. The molecule has 0 saturated carbocycles. The average Bonchev–Trinajstić information content (AvgIpc) is 3.41. The number of rotatable bonds is 2. The molecule has 0 aliphatic carbocycles. The van der Waals surface area contributed by atoms with Crippen LogP contribution in [0.4, 0.5) is 10.1 Å². The van der Waals surface area contributed by atoms with Crippen LogP contribution in [0.1, 0.15) is 40.2 Å². The molecule has 4 aliphatic heterocycles. The van der Waals surface area contributed by atoms with E-state index in [9.17, 15) is 9.18 Å². The first-order valence-corrected chi connectivity index (χ1v) is 12.6. The summed E-state index contributed by atoms with van der Waals surface area (Å²) in [5.74, 6) is 0.487. The van der Waals surface area contributed by atoms with Crippen molar-refractivity contribution in [3.63, 3.8) is 0 Å². The quantitative estimate of drug-likeness (QED) is 0.555. The molecule has 4 heterocycles. The Morgan fingerprint density at radius 1 is 1.06 bits per heavy atom. The zero-order chi connectivity index (χ0) is 24.2. The fourth-order valence-corrected chi connectivity index (χ4v) is 6.35. The van der Waals surface area contributed by atoms with Crippen molar-refractivity contribution in [2.24, 2.45) is 5.92 Å². The predicted molar refractivity (Wildman–Crippen MR) is 136 cm³/mol. The Hall–Kier alpha value is -3.48. The van der Waals surface area contributed by atoms with E-state index in [1.165, 1.54) is 12.1 Å². The van der Waals surface area contributed by atoms with Crippen molar-refractivity contribution in [2.45, 2.75) is 25.0 Å². The number of hydrogen-bond donors (Lipinski definition) is 1. The van der Waals surface area contributed by atoms with Gasteiger partial charge in [-0.1, -0.05) is 36.4 Å². The molecule has 0 bridgehead atoms. The monoisotopic (exact) mass is 482 g/mol. The number of halogens is 1. The second kappa shape index (κ2) is 8.57. The van der Waals surface area contributed by atoms with Gasteiger partial charge in [-0.3, -0.25) is 9.69 Å². The van der Waals surface area contributed by atoms with Gasteiger partial charge in [-0.25, -0.2) is 4.39 Å². The molecule has 3 aromatic rings. The molecule has 3 unspecified atom stereocenters. The summed E-state index contributed by atoms with van der Waals surface area (Å²) in [6.07, 6.45) is 3.10. The zero-order valence-corrected chi connectivity index (χ0v) is 19.9. The van der Waals surface area contributed by atoms with Crippen LogP contribution in [0.2, 0.25) is 0 Å². The third-order valence-electron chi connectivity index (χ3n) is 8.05. The molecule has 182 valence electrons. The lowest BCUT2D eigenvalue weighted by molar-refractivity contribution is -0.118. The van der Waals surface area contributed by atoms with Crippen molar-refractivity contribution in [1.82, 2.24) is 4.90 Å². The number of nitrogens with one attached hydrogen (secondary N) is 1. The van der Waals surface area contributed by atoms with Crippen LogP contribution in [0.5, 0.6) is 5.75 Å². The Labute approximate surface area is 209 Å². The molecule has 2 fully saturated rings. The van der Waals surface area contributed by atoms with Gasteiger partial charge >= 0.3 is 0 Å². The molecule has 5 nitrogen and oxygen atoms in total. The number of fused-ring (bicyclic) bond motifs is 4. The standard InChI is InChI=1S/C30H27FN2O3/c31-21-6-8-24-26(23-4-2-1-3-19(23)16-36-28(24)14-21)11-18-5-7-25-27(12-18)32-30(34)29(25)20-13-22-17-35-10-9-33(22)15-20/h1-8,11-12,14,20,22,29H,9-10,13,15-17H2,(H,32,34). The van der Waals surface area contributed by atoms with Crippen LogP contribution in [0.3, 0.4) is 0 Å². The Morgan fingerprint density at radius 3 is 2.89 bits per heavy atom. The Morgan fingerprint density at radius 2 is 1.97 bits per heavy atom. The molecule has 36 heavy (non-hydrogen) atoms. The number of benzene rings is 3. The van der Waals surface area contributed by atoms with Crippen LogP contribution in [-0.4, -0.2) is 43.2 Å². The van der Waals surface area contributed by atoms with E-state index in [1.807, 2.05) is 18.2 Å². The Kier molecular flexibility index (Phi) is 5.19. The smallest absolute Gasteiger partial charge is 0.232 e. The van der Waals surface area contributed by atoms with E-state index in [0.717, 1.165) is 71.8 Å². The number of anilines is 1. The summed E-state index contributed by atoms with van der Waals surface area (Å²) in [5.41, 5.74) is 6.90. The van der Waals surface area contributed by atoms with E-state index >= 15 is 0 Å². The summed E-state index contributed by atoms with van der Waals surface area (Å²) in [7, 11) is 0. The molecule has 7 rings (SSSR count). The van der Waals surface area contributed by atoms with Crippen molar-refractivity contribution < 1.29 is 18.7 Å². The molecule has 1 N–H and O–H groups in total. The van der Waals surface area contributed by atoms with Gasteiger partial charge in [0.15, 0.2) is 0 Å². The topological polar surface area (TPSA) is 50.8 Å². The summed E-state index contributed by atoms with van der Waals surface area (Å²) in [4.78, 5) is 15.6. The number of amides is 1. The number of carbonyl (C=O) groups excluding carboxylic acids is 1. The summed E-state index contributed by atoms with van der Waals surface area (Å²) < 4.78 is 25.6. The van der Waals surface area contributed by atoms with Crippen LogP contribution in [0, 0.1) is 11.7 Å². The SMILES string of the molecule is O=C1Nc2cc(C=C3c4ccccc4COc4cc(F)ccc43)ccc2C1C1CC2COCCN2C1. The minimum atomic E-state index is -0.319. The van der Waals surface area contributed by atoms with Gasteiger partial charge in [0, 0.05) is 36.4 Å². The highest BCUT2D eigenvalue weighted by atomic mass is 19.1.